The lowest BCUT2D eigenvalue weighted by molar-refractivity contribution is -0.137. The van der Waals surface area contributed by atoms with E-state index in [1.54, 1.807) is 24.5 Å². The predicted octanol–water partition coefficient (Wildman–Crippen LogP) is 4.08. The van der Waals surface area contributed by atoms with Gasteiger partial charge in [-0.2, -0.15) is 13.2 Å². The fourth-order valence-electron chi connectivity index (χ4n) is 3.78. The number of rotatable bonds is 6. The van der Waals surface area contributed by atoms with Crippen molar-refractivity contribution in [2.45, 2.75) is 32.1 Å². The minimum Gasteiger partial charge on any atom is -0.348 e. The number of fused-ring (bicyclic) bond motifs is 1. The quantitative estimate of drug-likeness (QED) is 0.659. The van der Waals surface area contributed by atoms with Gasteiger partial charge in [0.1, 0.15) is 0 Å². The van der Waals surface area contributed by atoms with Gasteiger partial charge in [0.2, 0.25) is 0 Å². The van der Waals surface area contributed by atoms with Crippen LogP contribution in [-0.4, -0.2) is 40.0 Å². The maximum Gasteiger partial charge on any atom is 0.416 e. The molecule has 1 amide bonds. The van der Waals surface area contributed by atoms with Crippen LogP contribution in [0.15, 0.2) is 48.8 Å². The van der Waals surface area contributed by atoms with Gasteiger partial charge >= 0.3 is 6.18 Å². The van der Waals surface area contributed by atoms with Gasteiger partial charge in [-0.1, -0.05) is 12.1 Å². The molecule has 3 aromatic rings. The Kier molecular flexibility index (Phi) is 5.76. The molecule has 0 spiro atoms. The number of hydrogen-bond acceptors (Lipinski definition) is 3. The number of nitrogens with one attached hydrogen (secondary N) is 1. The Labute approximate surface area is 172 Å². The molecule has 2 heterocycles. The highest BCUT2D eigenvalue weighted by atomic mass is 19.4. The van der Waals surface area contributed by atoms with E-state index in [2.05, 4.69) is 19.8 Å². The number of likely N-dealkylation sites (tertiary alicyclic amines) is 1. The summed E-state index contributed by atoms with van der Waals surface area (Å²) in [5, 5.41) is 2.68. The molecule has 0 saturated carbocycles. The summed E-state index contributed by atoms with van der Waals surface area (Å²) in [7, 11) is 0. The van der Waals surface area contributed by atoms with Crippen LogP contribution in [0.2, 0.25) is 0 Å². The Bertz CT molecular complexity index is 1040. The number of alkyl halides is 3. The molecule has 0 bridgehead atoms. The number of aromatic nitrogens is 2. The Morgan fingerprint density at radius 2 is 1.87 bits per heavy atom. The van der Waals surface area contributed by atoms with Crippen molar-refractivity contribution in [1.29, 1.82) is 0 Å². The first-order chi connectivity index (χ1) is 14.4. The van der Waals surface area contributed by atoms with E-state index in [9.17, 15) is 18.0 Å². The third-order valence-electron chi connectivity index (χ3n) is 5.45. The lowest BCUT2D eigenvalue weighted by atomic mass is 10.1. The first-order valence-electron chi connectivity index (χ1n) is 10.0. The molecule has 2 aromatic carbocycles. The van der Waals surface area contributed by atoms with Crippen LogP contribution in [0.5, 0.6) is 0 Å². The molecular formula is C22H23F3N4O. The Morgan fingerprint density at radius 1 is 1.07 bits per heavy atom. The van der Waals surface area contributed by atoms with Gasteiger partial charge in [-0.05, 0) is 61.8 Å². The zero-order chi connectivity index (χ0) is 21.1. The Balaban J connectivity index is 1.40. The number of halogens is 3. The number of hydrogen-bond donors (Lipinski definition) is 1. The van der Waals surface area contributed by atoms with E-state index in [0.717, 1.165) is 49.3 Å². The molecule has 30 heavy (non-hydrogen) atoms. The van der Waals surface area contributed by atoms with Crippen molar-refractivity contribution in [2.24, 2.45) is 0 Å². The number of amides is 1. The molecule has 1 aliphatic heterocycles. The van der Waals surface area contributed by atoms with Crippen LogP contribution in [0.3, 0.4) is 0 Å². The maximum atomic E-state index is 12.8. The van der Waals surface area contributed by atoms with Gasteiger partial charge in [0, 0.05) is 25.2 Å². The van der Waals surface area contributed by atoms with E-state index in [0.29, 0.717) is 11.1 Å². The third kappa shape index (κ3) is 4.64. The first kappa shape index (κ1) is 20.4. The highest BCUT2D eigenvalue weighted by Crippen LogP contribution is 2.29. The predicted molar refractivity (Wildman–Crippen MR) is 108 cm³/mol. The van der Waals surface area contributed by atoms with E-state index >= 15 is 0 Å². The highest BCUT2D eigenvalue weighted by Gasteiger charge is 2.30. The molecule has 0 unspecified atom stereocenters. The van der Waals surface area contributed by atoms with Crippen molar-refractivity contribution in [2.75, 3.05) is 19.6 Å². The molecule has 1 aliphatic rings. The van der Waals surface area contributed by atoms with Crippen LogP contribution in [0.25, 0.3) is 11.0 Å². The number of imidazole rings is 1. The second-order valence-electron chi connectivity index (χ2n) is 7.57. The van der Waals surface area contributed by atoms with Gasteiger partial charge in [-0.3, -0.25) is 4.79 Å². The Morgan fingerprint density at radius 3 is 2.63 bits per heavy atom. The fraction of sp³-hybridized carbons (Fsp3) is 0.364. The van der Waals surface area contributed by atoms with Gasteiger partial charge in [0.15, 0.2) is 0 Å². The van der Waals surface area contributed by atoms with Crippen LogP contribution in [0.4, 0.5) is 13.2 Å². The van der Waals surface area contributed by atoms with Gasteiger partial charge < -0.3 is 14.8 Å². The molecule has 1 N–H and O–H groups in total. The molecular weight excluding hydrogens is 393 g/mol. The van der Waals surface area contributed by atoms with Crippen molar-refractivity contribution in [3.63, 3.8) is 0 Å². The summed E-state index contributed by atoms with van der Waals surface area (Å²) in [6.45, 7) is 4.12. The fourth-order valence-corrected chi connectivity index (χ4v) is 3.78. The van der Waals surface area contributed by atoms with E-state index in [4.69, 9.17) is 0 Å². The Hall–Kier alpha value is -2.87. The number of benzene rings is 2. The van der Waals surface area contributed by atoms with Crippen molar-refractivity contribution >= 4 is 16.9 Å². The van der Waals surface area contributed by atoms with Gasteiger partial charge in [0.25, 0.3) is 5.91 Å². The highest BCUT2D eigenvalue weighted by molar-refractivity contribution is 5.97. The minimum atomic E-state index is -4.40. The molecule has 4 rings (SSSR count). The lowest BCUT2D eigenvalue weighted by Crippen LogP contribution is -2.24. The molecule has 158 valence electrons. The van der Waals surface area contributed by atoms with Gasteiger partial charge in [-0.15, -0.1) is 0 Å². The number of nitrogens with zero attached hydrogens (tertiary/aromatic N) is 3. The number of carbonyl (C=O) groups excluding carboxylic acids is 1. The van der Waals surface area contributed by atoms with Crippen molar-refractivity contribution in [3.8, 4) is 0 Å². The molecule has 8 heteroatoms. The zero-order valence-corrected chi connectivity index (χ0v) is 16.5. The topological polar surface area (TPSA) is 50.2 Å². The van der Waals surface area contributed by atoms with Crippen LogP contribution in [0, 0.1) is 0 Å². The van der Waals surface area contributed by atoms with Crippen LogP contribution in [0.1, 0.15) is 34.3 Å². The average molecular weight is 416 g/mol. The standard InChI is InChI=1S/C22H23F3N4O/c23-22(24,25)18-5-3-4-16(12-18)14-26-21(30)17-6-7-20-19(13-17)27-15-29(20)11-10-28-8-1-2-9-28/h3-7,12-13,15H,1-2,8-11,14H2,(H,26,30). The van der Waals surface area contributed by atoms with Crippen molar-refractivity contribution < 1.29 is 18.0 Å². The summed E-state index contributed by atoms with van der Waals surface area (Å²) in [4.78, 5) is 19.3. The lowest BCUT2D eigenvalue weighted by Gasteiger charge is -2.15. The molecule has 0 atom stereocenters. The maximum absolute atomic E-state index is 12.8. The van der Waals surface area contributed by atoms with Gasteiger partial charge in [0.05, 0.1) is 22.9 Å². The minimum absolute atomic E-state index is 0.0189. The van der Waals surface area contributed by atoms with E-state index in [1.165, 1.54) is 18.9 Å². The second-order valence-corrected chi connectivity index (χ2v) is 7.57. The summed E-state index contributed by atoms with van der Waals surface area (Å²) in [6.07, 6.45) is -0.114. The summed E-state index contributed by atoms with van der Waals surface area (Å²) in [5.74, 6) is -0.346. The second kappa shape index (κ2) is 8.47. The summed E-state index contributed by atoms with van der Waals surface area (Å²) in [5.41, 5.74) is 1.78. The SMILES string of the molecule is O=C(NCc1cccc(C(F)(F)F)c1)c1ccc2c(c1)ncn2CCN1CCCC1. The van der Waals surface area contributed by atoms with Crippen LogP contribution < -0.4 is 5.32 Å². The number of carbonyl (C=O) groups is 1. The van der Waals surface area contributed by atoms with Gasteiger partial charge in [-0.25, -0.2) is 4.98 Å². The average Bonchev–Trinajstić information content (AvgIpc) is 3.39. The molecule has 0 aliphatic carbocycles. The van der Waals surface area contributed by atoms with E-state index < -0.39 is 11.7 Å². The van der Waals surface area contributed by atoms with Crippen LogP contribution >= 0.6 is 0 Å². The van der Waals surface area contributed by atoms with Crippen molar-refractivity contribution in [1.82, 2.24) is 19.8 Å². The molecule has 1 fully saturated rings. The summed E-state index contributed by atoms with van der Waals surface area (Å²) >= 11 is 0. The monoisotopic (exact) mass is 416 g/mol. The zero-order valence-electron chi connectivity index (χ0n) is 16.5. The normalized spacial score (nSPS) is 15.0. The third-order valence-corrected chi connectivity index (χ3v) is 5.45. The smallest absolute Gasteiger partial charge is 0.348 e. The first-order valence-corrected chi connectivity index (χ1v) is 10.0. The molecule has 0 radical (unpaired) electrons. The van der Waals surface area contributed by atoms with E-state index in [-0.39, 0.29) is 12.5 Å². The van der Waals surface area contributed by atoms with Crippen molar-refractivity contribution in [3.05, 3.63) is 65.5 Å². The molecule has 1 aromatic heterocycles. The molecule has 1 saturated heterocycles. The van der Waals surface area contributed by atoms with E-state index in [1.807, 2.05) is 6.07 Å². The summed E-state index contributed by atoms with van der Waals surface area (Å²) < 4.78 is 40.6. The molecule has 5 nitrogen and oxygen atoms in total. The largest absolute Gasteiger partial charge is 0.416 e. The summed E-state index contributed by atoms with van der Waals surface area (Å²) in [6, 6.07) is 10.3. The van der Waals surface area contributed by atoms with Crippen LogP contribution in [-0.2, 0) is 19.3 Å².